The quantitative estimate of drug-likeness (QED) is 0.0662. The van der Waals surface area contributed by atoms with Crippen LogP contribution in [-0.4, -0.2) is 99.2 Å². The molecule has 3 amide bonds. The van der Waals surface area contributed by atoms with Crippen LogP contribution in [0.2, 0.25) is 0 Å². The molecule has 216 valence electrons. The van der Waals surface area contributed by atoms with E-state index in [0.717, 1.165) is 17.8 Å². The van der Waals surface area contributed by atoms with Crippen LogP contribution in [0.1, 0.15) is 18.5 Å². The van der Waals surface area contributed by atoms with Crippen molar-refractivity contribution in [3.63, 3.8) is 0 Å². The molecule has 3 N–H and O–H groups in total. The van der Waals surface area contributed by atoms with E-state index in [2.05, 4.69) is 41.4 Å². The molecule has 5 heterocycles. The minimum Gasteiger partial charge on any atom is -0.477 e. The van der Waals surface area contributed by atoms with E-state index < -0.39 is 29.2 Å². The van der Waals surface area contributed by atoms with Gasteiger partial charge in [0.2, 0.25) is 6.41 Å². The summed E-state index contributed by atoms with van der Waals surface area (Å²) in [4.78, 5) is 60.6. The zero-order valence-corrected chi connectivity index (χ0v) is 23.8. The molecule has 3 aliphatic rings. The molecule has 0 bridgehead atoms. The first-order valence-corrected chi connectivity index (χ1v) is 15.3. The number of nitrogens with one attached hydrogen (secondary N) is 2. The van der Waals surface area contributed by atoms with E-state index in [1.807, 2.05) is 12.2 Å². The molecule has 3 aromatic rings. The Morgan fingerprint density at radius 3 is 3.00 bits per heavy atom. The average Bonchev–Trinajstić information content (AvgIpc) is 3.77. The fourth-order valence-corrected chi connectivity index (χ4v) is 7.38. The molecule has 0 aromatic carbocycles. The van der Waals surface area contributed by atoms with Crippen LogP contribution in [0.5, 0.6) is 0 Å². The third-order valence-electron chi connectivity index (χ3n) is 6.37. The lowest BCUT2D eigenvalue weighted by molar-refractivity contribution is -0.150. The molecule has 16 nitrogen and oxygen atoms in total. The maximum atomic E-state index is 13.4. The maximum absolute atomic E-state index is 13.4. The van der Waals surface area contributed by atoms with E-state index in [1.54, 1.807) is 12.1 Å². The number of carboxylic acid groups (broad SMARTS) is 1. The van der Waals surface area contributed by atoms with Gasteiger partial charge in [-0.05, 0) is 47.1 Å². The number of thiazole rings is 1. The Hall–Kier alpha value is -4.36. The zero-order valence-electron chi connectivity index (χ0n) is 21.3. The first-order valence-electron chi connectivity index (χ1n) is 12.4. The Kier molecular flexibility index (Phi) is 7.85. The Labute approximate surface area is 248 Å². The highest BCUT2D eigenvalue weighted by Gasteiger charge is 2.54. The minimum atomic E-state index is -1.24. The summed E-state index contributed by atoms with van der Waals surface area (Å²) in [5, 5.41) is 36.3. The lowest BCUT2D eigenvalue weighted by Gasteiger charge is -2.49. The van der Waals surface area contributed by atoms with E-state index in [9.17, 15) is 24.3 Å². The summed E-state index contributed by atoms with van der Waals surface area (Å²) >= 11 is 3.73. The first kappa shape index (κ1) is 27.8. The second-order valence-corrected chi connectivity index (χ2v) is 12.0. The number of β-lactam (4-membered cyclic amide) rings is 1. The number of carbonyl (C=O) groups excluding carboxylic acids is 3. The van der Waals surface area contributed by atoms with Gasteiger partial charge in [0.1, 0.15) is 33.9 Å². The third kappa shape index (κ3) is 5.44. The van der Waals surface area contributed by atoms with Crippen molar-refractivity contribution in [1.82, 2.24) is 40.5 Å². The summed E-state index contributed by atoms with van der Waals surface area (Å²) in [5.74, 6) is -1.92. The van der Waals surface area contributed by atoms with Crippen molar-refractivity contribution < 1.29 is 29.1 Å². The highest BCUT2D eigenvalue weighted by atomic mass is 32.2. The number of fused-ring (bicyclic) bond motifs is 2. The summed E-state index contributed by atoms with van der Waals surface area (Å²) in [7, 11) is 0. The Bertz CT molecular complexity index is 1670. The summed E-state index contributed by atoms with van der Waals surface area (Å²) < 4.78 is 1.27. The van der Waals surface area contributed by atoms with Crippen LogP contribution in [0.15, 0.2) is 51.1 Å². The molecular formula is C23H20N10O6S3. The largest absolute Gasteiger partial charge is 0.477 e. The number of hydrogen-bond donors (Lipinski definition) is 3. The van der Waals surface area contributed by atoms with E-state index in [4.69, 9.17) is 4.84 Å². The van der Waals surface area contributed by atoms with Crippen molar-refractivity contribution in [2.24, 2.45) is 5.16 Å². The van der Waals surface area contributed by atoms with Gasteiger partial charge in [-0.1, -0.05) is 11.2 Å². The summed E-state index contributed by atoms with van der Waals surface area (Å²) in [6.45, 7) is 0. The maximum Gasteiger partial charge on any atom is 0.352 e. The van der Waals surface area contributed by atoms with Gasteiger partial charge in [0.15, 0.2) is 16.5 Å². The van der Waals surface area contributed by atoms with Crippen LogP contribution in [0.4, 0.5) is 5.13 Å². The number of rotatable bonds is 11. The van der Waals surface area contributed by atoms with Crippen LogP contribution in [0.25, 0.3) is 5.65 Å². The number of tetrazole rings is 1. The lowest BCUT2D eigenvalue weighted by Crippen LogP contribution is -2.71. The molecular weight excluding hydrogens is 609 g/mol. The summed E-state index contributed by atoms with van der Waals surface area (Å²) in [6, 6.07) is 2.43. The SMILES string of the molecule is O=CNc1nc(C(=NOC2C=CCC2)C(=O)NC2C(=O)N3C(C(=O)O)=C(CSc4ccc5nnnn5n4)CS[C@@H]23)cs1. The molecule has 42 heavy (non-hydrogen) atoms. The monoisotopic (exact) mass is 628 g/mol. The fraction of sp³-hybridized carbons (Fsp3) is 0.304. The number of amides is 3. The molecule has 0 saturated carbocycles. The van der Waals surface area contributed by atoms with Crippen LogP contribution in [0, 0.1) is 0 Å². The smallest absolute Gasteiger partial charge is 0.352 e. The number of thioether (sulfide) groups is 2. The van der Waals surface area contributed by atoms with Crippen LogP contribution in [-0.2, 0) is 24.0 Å². The third-order valence-corrected chi connectivity index (χ3v) is 9.49. The van der Waals surface area contributed by atoms with Crippen molar-refractivity contribution in [2.45, 2.75) is 35.4 Å². The van der Waals surface area contributed by atoms with E-state index >= 15 is 0 Å². The lowest BCUT2D eigenvalue weighted by atomic mass is 10.0. The van der Waals surface area contributed by atoms with E-state index in [1.165, 1.54) is 38.4 Å². The van der Waals surface area contributed by atoms with Gasteiger partial charge in [-0.15, -0.1) is 49.7 Å². The number of carboxylic acids is 1. The Morgan fingerprint density at radius 2 is 2.21 bits per heavy atom. The van der Waals surface area contributed by atoms with Gasteiger partial charge in [-0.2, -0.15) is 0 Å². The number of aliphatic carboxylic acids is 1. The highest BCUT2D eigenvalue weighted by molar-refractivity contribution is 8.01. The molecule has 3 atom stereocenters. The minimum absolute atomic E-state index is 0.112. The number of anilines is 1. The number of aromatic nitrogens is 6. The van der Waals surface area contributed by atoms with Gasteiger partial charge in [0.05, 0.1) is 0 Å². The normalized spacial score (nSPS) is 21.7. The molecule has 1 fully saturated rings. The average molecular weight is 629 g/mol. The molecule has 6 rings (SSSR count). The molecule has 1 aliphatic carbocycles. The van der Waals surface area contributed by atoms with Crippen LogP contribution >= 0.6 is 34.9 Å². The number of nitrogens with zero attached hydrogens (tertiary/aromatic N) is 8. The van der Waals surface area contributed by atoms with Gasteiger partial charge >= 0.3 is 5.97 Å². The topological polar surface area (TPSA) is 206 Å². The molecule has 0 radical (unpaired) electrons. The molecule has 0 spiro atoms. The molecule has 1 saturated heterocycles. The highest BCUT2D eigenvalue weighted by Crippen LogP contribution is 2.41. The van der Waals surface area contributed by atoms with Crippen molar-refractivity contribution >= 4 is 75.5 Å². The van der Waals surface area contributed by atoms with E-state index in [0.29, 0.717) is 34.8 Å². The second kappa shape index (κ2) is 11.9. The standard InChI is InChI=1S/C23H20N10O6S3/c34-10-24-23-25-13(9-42-23)16(29-39-12-3-1-2-4-12)19(35)26-17-20(36)32-18(22(37)38)11(8-41-21(17)32)7-40-15-6-5-14-27-30-31-33(14)28-15/h1,3,5-6,9-10,12,17,21H,2,4,7-8H2,(H,26,35)(H,37,38)(H,24,25,34)/t12?,17?,21-/m0/s1. The first-order chi connectivity index (χ1) is 20.4. The fourth-order valence-electron chi connectivity index (χ4n) is 4.39. The van der Waals surface area contributed by atoms with Gasteiger partial charge in [0.25, 0.3) is 11.8 Å². The second-order valence-electron chi connectivity index (χ2n) is 8.99. The molecule has 2 aliphatic heterocycles. The van der Waals surface area contributed by atoms with Gasteiger partial charge < -0.3 is 20.6 Å². The van der Waals surface area contributed by atoms with Gasteiger partial charge in [-0.3, -0.25) is 19.3 Å². The molecule has 3 aromatic heterocycles. The zero-order chi connectivity index (χ0) is 29.2. The predicted octanol–water partition coefficient (Wildman–Crippen LogP) is 0.514. The molecule has 2 unspecified atom stereocenters. The van der Waals surface area contributed by atoms with Crippen molar-refractivity contribution in [3.8, 4) is 0 Å². The summed E-state index contributed by atoms with van der Waals surface area (Å²) in [5.41, 5.74) is 0.893. The van der Waals surface area contributed by atoms with E-state index in [-0.39, 0.29) is 34.1 Å². The Balaban J connectivity index is 1.17. The number of hydrogen-bond acceptors (Lipinski definition) is 14. The number of carbonyl (C=O) groups is 4. The van der Waals surface area contributed by atoms with Gasteiger partial charge in [0, 0.05) is 16.9 Å². The number of allylic oxidation sites excluding steroid dienone is 1. The van der Waals surface area contributed by atoms with Crippen molar-refractivity contribution in [3.05, 3.63) is 46.6 Å². The van der Waals surface area contributed by atoms with Gasteiger partial charge in [-0.25, -0.2) is 9.78 Å². The molecule has 19 heteroatoms. The summed E-state index contributed by atoms with van der Waals surface area (Å²) in [6.07, 6.45) is 5.46. The number of oxime groups is 1. The van der Waals surface area contributed by atoms with Crippen LogP contribution < -0.4 is 10.6 Å². The Morgan fingerprint density at radius 1 is 1.33 bits per heavy atom. The van der Waals surface area contributed by atoms with Crippen molar-refractivity contribution in [1.29, 1.82) is 0 Å². The van der Waals surface area contributed by atoms with Crippen molar-refractivity contribution in [2.75, 3.05) is 16.8 Å². The predicted molar refractivity (Wildman–Crippen MR) is 151 cm³/mol. The van der Waals surface area contributed by atoms with Crippen LogP contribution in [0.3, 0.4) is 0 Å².